The predicted molar refractivity (Wildman–Crippen MR) is 53.5 cm³/mol. The summed E-state index contributed by atoms with van der Waals surface area (Å²) in [5.41, 5.74) is 7.49. The van der Waals surface area contributed by atoms with Crippen molar-refractivity contribution in [1.82, 2.24) is 0 Å². The maximum atomic E-state index is 13.1. The van der Waals surface area contributed by atoms with Gasteiger partial charge in [0.05, 0.1) is 11.8 Å². The molecule has 0 saturated heterocycles. The maximum Gasteiger partial charge on any atom is 0.126 e. The molecule has 72 valence electrons. The van der Waals surface area contributed by atoms with Crippen LogP contribution in [0.4, 0.5) is 4.39 Å². The molecule has 0 bridgehead atoms. The molecule has 0 amide bonds. The Labute approximate surface area is 82.5 Å². The van der Waals surface area contributed by atoms with Crippen molar-refractivity contribution >= 4 is 5.70 Å². The van der Waals surface area contributed by atoms with Crippen molar-refractivity contribution in [2.75, 3.05) is 0 Å². The molecule has 2 N–H and O–H groups in total. The first-order valence-corrected chi connectivity index (χ1v) is 4.19. The lowest BCUT2D eigenvalue weighted by Gasteiger charge is -2.04. The number of nitrogens with two attached hydrogens (primary N) is 1. The topological polar surface area (TPSA) is 49.8 Å². The summed E-state index contributed by atoms with van der Waals surface area (Å²) in [7, 11) is 0. The summed E-state index contributed by atoms with van der Waals surface area (Å²) in [6.07, 6.45) is 0. The Hall–Kier alpha value is -1.82. The highest BCUT2D eigenvalue weighted by molar-refractivity contribution is 5.68. The van der Waals surface area contributed by atoms with Crippen LogP contribution < -0.4 is 5.73 Å². The molecule has 2 nitrogen and oxygen atoms in total. The molecule has 0 radical (unpaired) electrons. The smallest absolute Gasteiger partial charge is 0.126 e. The van der Waals surface area contributed by atoms with E-state index in [1.54, 1.807) is 26.0 Å². The standard InChI is InChI=1S/C11H11FN2/c1-7-3-4-9(5-10(7)12)11(14)8(2)6-13/h3-5H,14H2,1-2H3/b11-8-. The van der Waals surface area contributed by atoms with E-state index in [0.717, 1.165) is 0 Å². The van der Waals surface area contributed by atoms with Gasteiger partial charge in [0.15, 0.2) is 0 Å². The van der Waals surface area contributed by atoms with Crippen LogP contribution >= 0.6 is 0 Å². The number of hydrogen-bond donors (Lipinski definition) is 1. The SMILES string of the molecule is C/C(C#N)=C(/N)c1ccc(C)c(F)c1. The second-order valence-electron chi connectivity index (χ2n) is 3.11. The van der Waals surface area contributed by atoms with Gasteiger partial charge in [-0.15, -0.1) is 0 Å². The minimum absolute atomic E-state index is 0.309. The molecule has 0 atom stereocenters. The van der Waals surface area contributed by atoms with Gasteiger partial charge >= 0.3 is 0 Å². The number of allylic oxidation sites excluding steroid dienone is 1. The Morgan fingerprint density at radius 1 is 1.50 bits per heavy atom. The third-order valence-corrected chi connectivity index (χ3v) is 2.05. The normalized spacial score (nSPS) is 11.9. The molecule has 0 aromatic heterocycles. The second-order valence-corrected chi connectivity index (χ2v) is 3.11. The van der Waals surface area contributed by atoms with Crippen LogP contribution in [0.1, 0.15) is 18.1 Å². The number of nitrogens with zero attached hydrogens (tertiary/aromatic N) is 1. The summed E-state index contributed by atoms with van der Waals surface area (Å²) < 4.78 is 13.1. The third kappa shape index (κ3) is 1.91. The fraction of sp³-hybridized carbons (Fsp3) is 0.182. The first-order valence-electron chi connectivity index (χ1n) is 4.19. The van der Waals surface area contributed by atoms with Crippen molar-refractivity contribution in [2.45, 2.75) is 13.8 Å². The number of nitriles is 1. The molecule has 1 aromatic carbocycles. The number of hydrogen-bond acceptors (Lipinski definition) is 2. The lowest BCUT2D eigenvalue weighted by Crippen LogP contribution is -2.00. The van der Waals surface area contributed by atoms with Gasteiger partial charge in [-0.1, -0.05) is 12.1 Å². The Kier molecular flexibility index (Phi) is 2.88. The molecular weight excluding hydrogens is 179 g/mol. The number of rotatable bonds is 1. The van der Waals surface area contributed by atoms with E-state index in [9.17, 15) is 4.39 Å². The summed E-state index contributed by atoms with van der Waals surface area (Å²) in [5.74, 6) is -0.309. The monoisotopic (exact) mass is 190 g/mol. The minimum Gasteiger partial charge on any atom is -0.397 e. The summed E-state index contributed by atoms with van der Waals surface area (Å²) in [4.78, 5) is 0. The maximum absolute atomic E-state index is 13.1. The van der Waals surface area contributed by atoms with Crippen molar-refractivity contribution in [2.24, 2.45) is 5.73 Å². The van der Waals surface area contributed by atoms with E-state index < -0.39 is 0 Å². The highest BCUT2D eigenvalue weighted by Gasteiger charge is 2.04. The van der Waals surface area contributed by atoms with E-state index >= 15 is 0 Å². The number of benzene rings is 1. The average Bonchev–Trinajstić information content (AvgIpc) is 2.20. The van der Waals surface area contributed by atoms with Crippen LogP contribution in [-0.2, 0) is 0 Å². The molecule has 0 aliphatic carbocycles. The fourth-order valence-corrected chi connectivity index (χ4v) is 1.04. The quantitative estimate of drug-likeness (QED) is 0.691. The largest absolute Gasteiger partial charge is 0.397 e. The highest BCUT2D eigenvalue weighted by Crippen LogP contribution is 2.16. The molecule has 0 fully saturated rings. The van der Waals surface area contributed by atoms with Gasteiger partial charge in [-0.3, -0.25) is 0 Å². The van der Waals surface area contributed by atoms with Crippen LogP contribution in [0, 0.1) is 24.1 Å². The molecule has 0 aliphatic heterocycles. The summed E-state index contributed by atoms with van der Waals surface area (Å²) in [5, 5.41) is 8.61. The zero-order valence-corrected chi connectivity index (χ0v) is 8.13. The number of halogens is 1. The van der Waals surface area contributed by atoms with Crippen LogP contribution in [0.3, 0.4) is 0 Å². The van der Waals surface area contributed by atoms with Gasteiger partial charge in [-0.25, -0.2) is 4.39 Å². The molecule has 3 heteroatoms. The average molecular weight is 190 g/mol. The molecule has 1 aromatic rings. The van der Waals surface area contributed by atoms with E-state index in [0.29, 0.717) is 22.4 Å². The van der Waals surface area contributed by atoms with Crippen LogP contribution in [0.2, 0.25) is 0 Å². The van der Waals surface area contributed by atoms with E-state index in [2.05, 4.69) is 0 Å². The molecule has 0 heterocycles. The van der Waals surface area contributed by atoms with Gasteiger partial charge in [0.1, 0.15) is 5.82 Å². The van der Waals surface area contributed by atoms with Gasteiger partial charge in [-0.05, 0) is 25.5 Å². The Bertz CT molecular complexity index is 427. The minimum atomic E-state index is -0.309. The summed E-state index contributed by atoms with van der Waals surface area (Å²) >= 11 is 0. The molecule has 14 heavy (non-hydrogen) atoms. The molecule has 0 unspecified atom stereocenters. The summed E-state index contributed by atoms with van der Waals surface area (Å²) in [6.45, 7) is 3.28. The van der Waals surface area contributed by atoms with E-state index in [1.807, 2.05) is 6.07 Å². The first-order chi connectivity index (χ1) is 6.56. The van der Waals surface area contributed by atoms with E-state index in [4.69, 9.17) is 11.0 Å². The summed E-state index contributed by atoms with van der Waals surface area (Å²) in [6, 6.07) is 6.61. The zero-order chi connectivity index (χ0) is 10.7. The van der Waals surface area contributed by atoms with Crippen molar-refractivity contribution in [3.05, 3.63) is 40.7 Å². The van der Waals surface area contributed by atoms with Crippen LogP contribution in [0.5, 0.6) is 0 Å². The van der Waals surface area contributed by atoms with Gasteiger partial charge < -0.3 is 5.73 Å². The Morgan fingerprint density at radius 3 is 2.64 bits per heavy atom. The zero-order valence-electron chi connectivity index (χ0n) is 8.13. The predicted octanol–water partition coefficient (Wildman–Crippen LogP) is 2.35. The fourth-order valence-electron chi connectivity index (χ4n) is 1.04. The Balaban J connectivity index is 3.24. The van der Waals surface area contributed by atoms with E-state index in [1.165, 1.54) is 6.07 Å². The van der Waals surface area contributed by atoms with Gasteiger partial charge in [0, 0.05) is 11.1 Å². The van der Waals surface area contributed by atoms with Gasteiger partial charge in [0.2, 0.25) is 0 Å². The molecule has 1 rings (SSSR count). The van der Waals surface area contributed by atoms with Gasteiger partial charge in [-0.2, -0.15) is 5.26 Å². The second kappa shape index (κ2) is 3.93. The Morgan fingerprint density at radius 2 is 2.14 bits per heavy atom. The highest BCUT2D eigenvalue weighted by atomic mass is 19.1. The molecule has 0 spiro atoms. The van der Waals surface area contributed by atoms with Crippen LogP contribution in [0.25, 0.3) is 5.70 Å². The molecule has 0 aliphatic rings. The van der Waals surface area contributed by atoms with Crippen molar-refractivity contribution in [3.8, 4) is 6.07 Å². The van der Waals surface area contributed by atoms with Crippen molar-refractivity contribution in [1.29, 1.82) is 5.26 Å². The van der Waals surface area contributed by atoms with Gasteiger partial charge in [0.25, 0.3) is 0 Å². The first kappa shape index (κ1) is 10.3. The third-order valence-electron chi connectivity index (χ3n) is 2.05. The lowest BCUT2D eigenvalue weighted by molar-refractivity contribution is 0.618. The van der Waals surface area contributed by atoms with Crippen LogP contribution in [-0.4, -0.2) is 0 Å². The van der Waals surface area contributed by atoms with E-state index in [-0.39, 0.29) is 5.82 Å². The lowest BCUT2D eigenvalue weighted by atomic mass is 10.1. The van der Waals surface area contributed by atoms with Crippen LogP contribution in [0.15, 0.2) is 23.8 Å². The van der Waals surface area contributed by atoms with Crippen molar-refractivity contribution < 1.29 is 4.39 Å². The molecule has 0 saturated carbocycles. The number of aryl methyl sites for hydroxylation is 1. The molecular formula is C11H11FN2. The van der Waals surface area contributed by atoms with Crippen molar-refractivity contribution in [3.63, 3.8) is 0 Å².